The Morgan fingerprint density at radius 1 is 1.38 bits per heavy atom. The van der Waals surface area contributed by atoms with Gasteiger partial charge in [-0.15, -0.1) is 11.3 Å². The third kappa shape index (κ3) is 4.75. The molecular formula is C17H18N2OS. The number of nitrogens with two attached hydrogens (primary N) is 1. The highest BCUT2D eigenvalue weighted by Gasteiger charge is 2.10. The van der Waals surface area contributed by atoms with Gasteiger partial charge in [-0.05, 0) is 36.1 Å². The molecule has 0 bridgehead atoms. The van der Waals surface area contributed by atoms with Gasteiger partial charge in [-0.25, -0.2) is 0 Å². The zero-order chi connectivity index (χ0) is 15.1. The number of carbonyl (C=O) groups excluding carboxylic acids is 1. The van der Waals surface area contributed by atoms with Gasteiger partial charge in [0.05, 0.1) is 19.0 Å². The van der Waals surface area contributed by atoms with E-state index in [1.807, 2.05) is 48.7 Å². The second kappa shape index (κ2) is 7.63. The molecule has 1 aromatic heterocycles. The van der Waals surface area contributed by atoms with Crippen LogP contribution in [0.15, 0.2) is 41.8 Å². The van der Waals surface area contributed by atoms with Gasteiger partial charge in [0.25, 0.3) is 0 Å². The van der Waals surface area contributed by atoms with Crippen LogP contribution in [0.2, 0.25) is 0 Å². The second-order valence-electron chi connectivity index (χ2n) is 4.68. The minimum atomic E-state index is -0.0444. The summed E-state index contributed by atoms with van der Waals surface area (Å²) in [7, 11) is 0. The Morgan fingerprint density at radius 3 is 2.95 bits per heavy atom. The molecule has 0 aliphatic rings. The molecule has 0 aliphatic carbocycles. The summed E-state index contributed by atoms with van der Waals surface area (Å²) in [6, 6.07) is 11.7. The van der Waals surface area contributed by atoms with Crippen LogP contribution in [0.25, 0.3) is 0 Å². The van der Waals surface area contributed by atoms with Crippen molar-refractivity contribution in [3.05, 3.63) is 57.8 Å². The van der Waals surface area contributed by atoms with E-state index < -0.39 is 0 Å². The highest BCUT2D eigenvalue weighted by molar-refractivity contribution is 7.10. The fourth-order valence-electron chi connectivity index (χ4n) is 1.99. The van der Waals surface area contributed by atoms with Gasteiger partial charge < -0.3 is 11.1 Å². The lowest BCUT2D eigenvalue weighted by molar-refractivity contribution is -0.121. The lowest BCUT2D eigenvalue weighted by Crippen LogP contribution is -2.27. The number of hydrogen-bond acceptors (Lipinski definition) is 3. The van der Waals surface area contributed by atoms with Crippen molar-refractivity contribution in [2.75, 3.05) is 6.54 Å². The normalized spacial score (nSPS) is 11.3. The number of rotatable bonds is 4. The fourth-order valence-corrected chi connectivity index (χ4v) is 2.69. The van der Waals surface area contributed by atoms with Gasteiger partial charge in [0.2, 0.25) is 5.91 Å². The first kappa shape index (κ1) is 15.3. The average Bonchev–Trinajstić information content (AvgIpc) is 2.98. The average molecular weight is 298 g/mol. The third-order valence-corrected chi connectivity index (χ3v) is 3.89. The smallest absolute Gasteiger partial charge is 0.225 e. The van der Waals surface area contributed by atoms with Crippen LogP contribution in [0.4, 0.5) is 0 Å². The first-order chi connectivity index (χ1) is 10.2. The molecule has 1 heterocycles. The highest BCUT2D eigenvalue weighted by Crippen LogP contribution is 2.15. The number of hydrogen-bond donors (Lipinski definition) is 2. The number of carbonyl (C=O) groups is 1. The first-order valence-corrected chi connectivity index (χ1v) is 7.67. The number of benzene rings is 1. The fraction of sp³-hybridized carbons (Fsp3) is 0.235. The Kier molecular flexibility index (Phi) is 5.56. The van der Waals surface area contributed by atoms with E-state index in [1.165, 1.54) is 0 Å². The van der Waals surface area contributed by atoms with E-state index in [1.54, 1.807) is 11.3 Å². The Bertz CT molecular complexity index is 653. The van der Waals surface area contributed by atoms with Crippen molar-refractivity contribution in [1.82, 2.24) is 5.32 Å². The maximum absolute atomic E-state index is 12.0. The molecule has 21 heavy (non-hydrogen) atoms. The van der Waals surface area contributed by atoms with Gasteiger partial charge in [-0.2, -0.15) is 0 Å². The van der Waals surface area contributed by atoms with Gasteiger partial charge in [0.1, 0.15) is 0 Å². The zero-order valence-corrected chi connectivity index (χ0v) is 12.7. The Balaban J connectivity index is 1.99. The molecule has 4 heteroatoms. The molecule has 0 radical (unpaired) electrons. The van der Waals surface area contributed by atoms with E-state index in [-0.39, 0.29) is 11.9 Å². The van der Waals surface area contributed by atoms with Crippen molar-refractivity contribution in [2.24, 2.45) is 5.73 Å². The van der Waals surface area contributed by atoms with E-state index in [4.69, 9.17) is 5.73 Å². The maximum atomic E-state index is 12.0. The maximum Gasteiger partial charge on any atom is 0.225 e. The predicted octanol–water partition coefficient (Wildman–Crippen LogP) is 2.48. The van der Waals surface area contributed by atoms with Crippen LogP contribution in [-0.2, 0) is 11.2 Å². The monoisotopic (exact) mass is 298 g/mol. The summed E-state index contributed by atoms with van der Waals surface area (Å²) in [6.07, 6.45) is 0.425. The lowest BCUT2D eigenvalue weighted by atomic mass is 10.1. The van der Waals surface area contributed by atoms with Crippen LogP contribution >= 0.6 is 11.3 Å². The highest BCUT2D eigenvalue weighted by atomic mass is 32.1. The first-order valence-electron chi connectivity index (χ1n) is 6.79. The molecule has 0 aliphatic heterocycles. The van der Waals surface area contributed by atoms with Crippen molar-refractivity contribution < 1.29 is 4.79 Å². The van der Waals surface area contributed by atoms with Crippen LogP contribution in [0.1, 0.15) is 29.0 Å². The van der Waals surface area contributed by atoms with Crippen LogP contribution in [0.5, 0.6) is 0 Å². The summed E-state index contributed by atoms with van der Waals surface area (Å²) in [5.41, 5.74) is 7.33. The molecule has 2 aromatic rings. The molecule has 3 nitrogen and oxygen atoms in total. The van der Waals surface area contributed by atoms with Crippen molar-refractivity contribution in [2.45, 2.75) is 19.4 Å². The van der Waals surface area contributed by atoms with E-state index >= 15 is 0 Å². The Morgan fingerprint density at radius 2 is 2.24 bits per heavy atom. The van der Waals surface area contributed by atoms with Gasteiger partial charge in [-0.3, -0.25) is 4.79 Å². The van der Waals surface area contributed by atoms with Crippen LogP contribution in [0.3, 0.4) is 0 Å². The molecule has 0 spiro atoms. The number of thiophene rings is 1. The van der Waals surface area contributed by atoms with Crippen LogP contribution in [-0.4, -0.2) is 12.5 Å². The molecule has 1 amide bonds. The molecule has 0 saturated carbocycles. The van der Waals surface area contributed by atoms with Crippen LogP contribution in [0, 0.1) is 11.8 Å². The molecule has 108 valence electrons. The molecule has 3 N–H and O–H groups in total. The van der Waals surface area contributed by atoms with E-state index in [9.17, 15) is 4.79 Å². The molecular weight excluding hydrogens is 280 g/mol. The second-order valence-corrected chi connectivity index (χ2v) is 5.71. The van der Waals surface area contributed by atoms with Crippen molar-refractivity contribution in [3.8, 4) is 11.8 Å². The number of nitrogens with one attached hydrogen (secondary N) is 1. The summed E-state index contributed by atoms with van der Waals surface area (Å²) >= 11 is 1.59. The molecule has 0 saturated heterocycles. The standard InChI is InChI=1S/C17H18N2OS/c1-13(19-17(20)12-16-8-4-10-21-16)15-7-2-5-14(11-15)6-3-9-18/h2,4-5,7-8,10-11,13H,9,12,18H2,1H3,(H,19,20). The molecule has 1 aromatic carbocycles. The van der Waals surface area contributed by atoms with Crippen LogP contribution < -0.4 is 11.1 Å². The van der Waals surface area contributed by atoms with E-state index in [0.717, 1.165) is 16.0 Å². The Labute approximate surface area is 129 Å². The van der Waals surface area contributed by atoms with E-state index in [2.05, 4.69) is 17.2 Å². The van der Waals surface area contributed by atoms with Gasteiger partial charge in [0.15, 0.2) is 0 Å². The van der Waals surface area contributed by atoms with Gasteiger partial charge in [0, 0.05) is 10.4 Å². The summed E-state index contributed by atoms with van der Waals surface area (Å²) < 4.78 is 0. The SMILES string of the molecule is CC(NC(=O)Cc1cccs1)c1cccc(C#CCN)c1. The minimum absolute atomic E-state index is 0.0309. The largest absolute Gasteiger partial charge is 0.349 e. The quantitative estimate of drug-likeness (QED) is 0.852. The lowest BCUT2D eigenvalue weighted by Gasteiger charge is -2.14. The molecule has 1 unspecified atom stereocenters. The molecule has 2 rings (SSSR count). The summed E-state index contributed by atoms with van der Waals surface area (Å²) in [6.45, 7) is 2.32. The molecule has 1 atom stereocenters. The zero-order valence-electron chi connectivity index (χ0n) is 11.9. The van der Waals surface area contributed by atoms with Crippen molar-refractivity contribution >= 4 is 17.2 Å². The Hall–Kier alpha value is -2.09. The predicted molar refractivity (Wildman–Crippen MR) is 87.0 cm³/mol. The summed E-state index contributed by atoms with van der Waals surface area (Å²) in [4.78, 5) is 13.1. The third-order valence-electron chi connectivity index (χ3n) is 3.01. The van der Waals surface area contributed by atoms with Gasteiger partial charge >= 0.3 is 0 Å². The summed E-state index contributed by atoms with van der Waals surface area (Å²) in [5, 5.41) is 4.99. The van der Waals surface area contributed by atoms with E-state index in [0.29, 0.717) is 13.0 Å². The van der Waals surface area contributed by atoms with Gasteiger partial charge in [-0.1, -0.05) is 30.0 Å². The summed E-state index contributed by atoms with van der Waals surface area (Å²) in [5.74, 6) is 5.87. The van der Waals surface area contributed by atoms with Crippen molar-refractivity contribution in [3.63, 3.8) is 0 Å². The minimum Gasteiger partial charge on any atom is -0.349 e. The van der Waals surface area contributed by atoms with Crippen molar-refractivity contribution in [1.29, 1.82) is 0 Å². The molecule has 0 fully saturated rings. The number of amides is 1. The topological polar surface area (TPSA) is 55.1 Å².